The minimum absolute atomic E-state index is 0.568. The average Bonchev–Trinajstić information content (AvgIpc) is 2.46. The van der Waals surface area contributed by atoms with Crippen LogP contribution in [0, 0.1) is 0 Å². The van der Waals surface area contributed by atoms with E-state index < -0.39 is 0 Å². The Hall–Kier alpha value is -0.500. The predicted molar refractivity (Wildman–Crippen MR) is 92.1 cm³/mol. The molecule has 0 aliphatic rings. The molecule has 1 nitrogen and oxygen atoms in total. The molecule has 0 amide bonds. The molecule has 0 saturated carbocycles. The third-order valence-corrected chi connectivity index (χ3v) is 4.13. The standard InChI is InChI=1S/C18H29BrO/c1-16(2)17-11-10-12-18(15-17)20-14-9-7-5-3-4-6-8-13-19/h10-12,15-16H,3-9,13-14H2,1-2H3. The highest BCUT2D eigenvalue weighted by molar-refractivity contribution is 9.09. The fourth-order valence-corrected chi connectivity index (χ4v) is 2.63. The number of benzene rings is 1. The lowest BCUT2D eigenvalue weighted by atomic mass is 10.0. The van der Waals surface area contributed by atoms with Gasteiger partial charge in [0.05, 0.1) is 6.61 Å². The number of alkyl halides is 1. The van der Waals surface area contributed by atoms with E-state index in [9.17, 15) is 0 Å². The second-order valence-electron chi connectivity index (χ2n) is 5.74. The van der Waals surface area contributed by atoms with Gasteiger partial charge in [0.1, 0.15) is 5.75 Å². The quantitative estimate of drug-likeness (QED) is 0.338. The topological polar surface area (TPSA) is 9.23 Å². The summed E-state index contributed by atoms with van der Waals surface area (Å²) >= 11 is 3.47. The van der Waals surface area contributed by atoms with E-state index in [1.807, 2.05) is 0 Å². The molecule has 0 saturated heterocycles. The van der Waals surface area contributed by atoms with Gasteiger partial charge in [0.15, 0.2) is 0 Å². The van der Waals surface area contributed by atoms with E-state index >= 15 is 0 Å². The first kappa shape index (κ1) is 17.6. The van der Waals surface area contributed by atoms with Crippen molar-refractivity contribution in [3.8, 4) is 5.75 Å². The predicted octanol–water partition coefficient (Wildman–Crippen LogP) is 6.31. The molecular formula is C18H29BrO. The van der Waals surface area contributed by atoms with Crippen molar-refractivity contribution in [1.82, 2.24) is 0 Å². The van der Waals surface area contributed by atoms with Gasteiger partial charge in [0.25, 0.3) is 0 Å². The van der Waals surface area contributed by atoms with Gasteiger partial charge in [-0.1, -0.05) is 74.0 Å². The summed E-state index contributed by atoms with van der Waals surface area (Å²) in [5, 5.41) is 1.15. The Morgan fingerprint density at radius 1 is 0.950 bits per heavy atom. The van der Waals surface area contributed by atoms with Crippen molar-refractivity contribution in [2.24, 2.45) is 0 Å². The zero-order chi connectivity index (χ0) is 14.6. The van der Waals surface area contributed by atoms with E-state index in [0.29, 0.717) is 5.92 Å². The van der Waals surface area contributed by atoms with E-state index in [4.69, 9.17) is 4.74 Å². The van der Waals surface area contributed by atoms with E-state index in [1.54, 1.807) is 0 Å². The molecule has 0 N–H and O–H groups in total. The van der Waals surface area contributed by atoms with E-state index in [-0.39, 0.29) is 0 Å². The second-order valence-corrected chi connectivity index (χ2v) is 6.53. The van der Waals surface area contributed by atoms with Crippen LogP contribution in [0.25, 0.3) is 0 Å². The highest BCUT2D eigenvalue weighted by Crippen LogP contribution is 2.20. The first-order valence-corrected chi connectivity index (χ1v) is 9.15. The molecule has 0 spiro atoms. The third-order valence-electron chi connectivity index (χ3n) is 3.57. The molecule has 1 aromatic carbocycles. The van der Waals surface area contributed by atoms with Gasteiger partial charge in [0, 0.05) is 5.33 Å². The van der Waals surface area contributed by atoms with Crippen molar-refractivity contribution >= 4 is 15.9 Å². The highest BCUT2D eigenvalue weighted by Gasteiger charge is 2.00. The van der Waals surface area contributed by atoms with Crippen LogP contribution in [0.4, 0.5) is 0 Å². The number of ether oxygens (including phenoxy) is 1. The molecule has 0 radical (unpaired) electrons. The van der Waals surface area contributed by atoms with Crippen LogP contribution in [-0.4, -0.2) is 11.9 Å². The highest BCUT2D eigenvalue weighted by atomic mass is 79.9. The van der Waals surface area contributed by atoms with Crippen LogP contribution in [0.3, 0.4) is 0 Å². The van der Waals surface area contributed by atoms with Crippen LogP contribution in [-0.2, 0) is 0 Å². The molecule has 0 aromatic heterocycles. The SMILES string of the molecule is CC(C)c1cccc(OCCCCCCCCCBr)c1. The Bertz CT molecular complexity index is 349. The first-order chi connectivity index (χ1) is 9.74. The minimum Gasteiger partial charge on any atom is -0.494 e. The largest absolute Gasteiger partial charge is 0.494 e. The van der Waals surface area contributed by atoms with Crippen molar-refractivity contribution in [1.29, 1.82) is 0 Å². The maximum atomic E-state index is 5.84. The van der Waals surface area contributed by atoms with Crippen molar-refractivity contribution in [3.63, 3.8) is 0 Å². The van der Waals surface area contributed by atoms with Gasteiger partial charge in [-0.15, -0.1) is 0 Å². The average molecular weight is 341 g/mol. The molecule has 0 atom stereocenters. The molecule has 20 heavy (non-hydrogen) atoms. The molecule has 0 bridgehead atoms. The van der Waals surface area contributed by atoms with Crippen molar-refractivity contribution in [3.05, 3.63) is 29.8 Å². The molecular weight excluding hydrogens is 312 g/mol. The molecule has 0 aliphatic carbocycles. The molecule has 2 heteroatoms. The molecule has 114 valence electrons. The van der Waals surface area contributed by atoms with Crippen LogP contribution in [0.2, 0.25) is 0 Å². The smallest absolute Gasteiger partial charge is 0.119 e. The van der Waals surface area contributed by atoms with Crippen LogP contribution in [0.1, 0.15) is 70.3 Å². The van der Waals surface area contributed by atoms with Gasteiger partial charge in [-0.25, -0.2) is 0 Å². The van der Waals surface area contributed by atoms with Gasteiger partial charge >= 0.3 is 0 Å². The number of halogens is 1. The monoisotopic (exact) mass is 340 g/mol. The Morgan fingerprint density at radius 3 is 2.25 bits per heavy atom. The van der Waals surface area contributed by atoms with E-state index in [1.165, 1.54) is 50.5 Å². The van der Waals surface area contributed by atoms with Gasteiger partial charge in [-0.2, -0.15) is 0 Å². The lowest BCUT2D eigenvalue weighted by Gasteiger charge is -2.10. The Morgan fingerprint density at radius 2 is 1.60 bits per heavy atom. The number of hydrogen-bond acceptors (Lipinski definition) is 1. The third kappa shape index (κ3) is 7.94. The number of hydrogen-bond donors (Lipinski definition) is 0. The fourth-order valence-electron chi connectivity index (χ4n) is 2.23. The maximum absolute atomic E-state index is 5.84. The summed E-state index contributed by atoms with van der Waals surface area (Å²) in [6, 6.07) is 8.50. The van der Waals surface area contributed by atoms with Crippen molar-refractivity contribution in [2.75, 3.05) is 11.9 Å². The second kappa shape index (κ2) is 11.2. The minimum atomic E-state index is 0.568. The summed E-state index contributed by atoms with van der Waals surface area (Å²) in [4.78, 5) is 0. The summed E-state index contributed by atoms with van der Waals surface area (Å²) in [6.07, 6.45) is 9.23. The molecule has 0 heterocycles. The summed E-state index contributed by atoms with van der Waals surface area (Å²) in [5.41, 5.74) is 1.36. The van der Waals surface area contributed by atoms with Gasteiger partial charge in [-0.05, 0) is 36.5 Å². The van der Waals surface area contributed by atoms with Gasteiger partial charge in [0.2, 0.25) is 0 Å². The van der Waals surface area contributed by atoms with Crippen LogP contribution in [0.15, 0.2) is 24.3 Å². The first-order valence-electron chi connectivity index (χ1n) is 8.02. The Balaban J connectivity index is 2.05. The zero-order valence-corrected chi connectivity index (χ0v) is 14.6. The van der Waals surface area contributed by atoms with E-state index in [0.717, 1.165) is 17.7 Å². The number of unbranched alkanes of at least 4 members (excludes halogenated alkanes) is 6. The van der Waals surface area contributed by atoms with Crippen LogP contribution in [0.5, 0.6) is 5.75 Å². The summed E-state index contributed by atoms with van der Waals surface area (Å²) < 4.78 is 5.84. The van der Waals surface area contributed by atoms with Crippen molar-refractivity contribution < 1.29 is 4.74 Å². The Kier molecular flexibility index (Phi) is 9.82. The van der Waals surface area contributed by atoms with Crippen LogP contribution < -0.4 is 4.74 Å². The van der Waals surface area contributed by atoms with Crippen molar-refractivity contribution in [2.45, 2.75) is 64.7 Å². The molecule has 0 aliphatic heterocycles. The molecule has 1 rings (SSSR count). The summed E-state index contributed by atoms with van der Waals surface area (Å²) in [7, 11) is 0. The zero-order valence-electron chi connectivity index (χ0n) is 13.0. The summed E-state index contributed by atoms with van der Waals surface area (Å²) in [5.74, 6) is 1.59. The maximum Gasteiger partial charge on any atom is 0.119 e. The molecule has 0 unspecified atom stereocenters. The Labute approximate surface area is 133 Å². The van der Waals surface area contributed by atoms with Crippen LogP contribution >= 0.6 is 15.9 Å². The normalized spacial score (nSPS) is 11.0. The lowest BCUT2D eigenvalue weighted by Crippen LogP contribution is -1.98. The molecule has 0 fully saturated rings. The molecule has 1 aromatic rings. The van der Waals surface area contributed by atoms with E-state index in [2.05, 4.69) is 54.0 Å². The van der Waals surface area contributed by atoms with Gasteiger partial charge < -0.3 is 4.74 Å². The van der Waals surface area contributed by atoms with Gasteiger partial charge in [-0.3, -0.25) is 0 Å². The fraction of sp³-hybridized carbons (Fsp3) is 0.667. The summed E-state index contributed by atoms with van der Waals surface area (Å²) in [6.45, 7) is 5.28. The number of rotatable bonds is 11. The lowest BCUT2D eigenvalue weighted by molar-refractivity contribution is 0.304.